The number of halogens is 6. The first-order chi connectivity index (χ1) is 25.5. The van der Waals surface area contributed by atoms with Crippen molar-refractivity contribution in [3.8, 4) is 33.8 Å². The Morgan fingerprint density at radius 1 is 0.566 bits per heavy atom. The number of nitrogens with zero attached hydrogens (tertiary/aromatic N) is 2. The van der Waals surface area contributed by atoms with Crippen LogP contribution in [-0.4, -0.2) is 21.0 Å². The van der Waals surface area contributed by atoms with Crippen LogP contribution < -0.4 is 9.47 Å². The number of alkyl halides is 4. The number of rotatable bonds is 16. The Morgan fingerprint density at radius 2 is 0.943 bits per heavy atom. The molecule has 2 aliphatic carbocycles. The van der Waals surface area contributed by atoms with E-state index in [-0.39, 0.29) is 33.7 Å². The molecule has 3 aromatic carbocycles. The van der Waals surface area contributed by atoms with Gasteiger partial charge in [0.05, 0.1) is 23.6 Å². The molecule has 4 aromatic rings. The number of hydrogen-bond acceptors (Lipinski definition) is 5. The van der Waals surface area contributed by atoms with Crippen LogP contribution >= 0.6 is 11.7 Å². The first-order valence-electron chi connectivity index (χ1n) is 19.5. The largest absolute Gasteiger partial charge is 0.432 e. The van der Waals surface area contributed by atoms with Crippen LogP contribution in [0.1, 0.15) is 117 Å². The van der Waals surface area contributed by atoms with Gasteiger partial charge in [0, 0.05) is 34.4 Å². The van der Waals surface area contributed by atoms with Crippen LogP contribution in [0.25, 0.3) is 33.3 Å². The second-order valence-electron chi connectivity index (χ2n) is 15.2. The van der Waals surface area contributed by atoms with Crippen molar-refractivity contribution in [3.63, 3.8) is 0 Å². The average molecular weight is 761 g/mol. The zero-order chi connectivity index (χ0) is 37.6. The summed E-state index contributed by atoms with van der Waals surface area (Å²) in [6.07, 6.45) is 6.55. The summed E-state index contributed by atoms with van der Waals surface area (Å²) < 4.78 is 111. The highest BCUT2D eigenvalue weighted by Crippen LogP contribution is 2.44. The van der Waals surface area contributed by atoms with Crippen molar-refractivity contribution in [1.29, 1.82) is 0 Å². The molecule has 4 nitrogen and oxygen atoms in total. The Balaban J connectivity index is 1.12. The molecule has 2 saturated carbocycles. The topological polar surface area (TPSA) is 44.2 Å². The molecule has 288 valence electrons. The lowest BCUT2D eigenvalue weighted by molar-refractivity contribution is -0.224. The van der Waals surface area contributed by atoms with E-state index in [9.17, 15) is 0 Å². The number of unbranched alkanes of at least 4 members (excludes halogenated alkanes) is 4. The first-order valence-corrected chi connectivity index (χ1v) is 20.2. The molecule has 53 heavy (non-hydrogen) atoms. The Kier molecular flexibility index (Phi) is 12.9. The quantitative estimate of drug-likeness (QED) is 0.0843. The second-order valence-corrected chi connectivity index (χ2v) is 15.7. The van der Waals surface area contributed by atoms with Gasteiger partial charge in [-0.25, -0.2) is 8.78 Å². The number of ether oxygens (including phenoxy) is 2. The molecule has 0 aliphatic heterocycles. The standard InChI is InChI=1S/C42H50F6N2O2S/c1-3-5-7-9-27-11-15-29(16-12-27)41(45,46)51-31-19-21-33(37(43)25-31)35-23-24-36(40-39(35)49-53-50-40)34-22-20-32(26-38(34)44)52-42(47,48)30-17-13-28(14-18-30)10-8-6-4-2/h19-30H,3-18H2,1-2H3. The van der Waals surface area contributed by atoms with Crippen LogP contribution in [0, 0.1) is 35.3 Å². The van der Waals surface area contributed by atoms with Crippen LogP contribution in [0.5, 0.6) is 11.5 Å². The molecule has 0 amide bonds. The summed E-state index contributed by atoms with van der Waals surface area (Å²) in [4.78, 5) is 0. The molecular formula is C42H50F6N2O2S. The third-order valence-corrected chi connectivity index (χ3v) is 12.0. The maximum atomic E-state index is 15.6. The molecule has 2 fully saturated rings. The minimum absolute atomic E-state index is 0.0962. The molecule has 2 aliphatic rings. The summed E-state index contributed by atoms with van der Waals surface area (Å²) in [5.41, 5.74) is 1.46. The fraction of sp³-hybridized carbons (Fsp3) is 0.571. The predicted molar refractivity (Wildman–Crippen MR) is 199 cm³/mol. The highest BCUT2D eigenvalue weighted by molar-refractivity contribution is 7.00. The Labute approximate surface area is 313 Å². The van der Waals surface area contributed by atoms with Gasteiger partial charge in [-0.05, 0) is 87.5 Å². The summed E-state index contributed by atoms with van der Waals surface area (Å²) in [5.74, 6) is -3.01. The lowest BCUT2D eigenvalue weighted by atomic mass is 9.79. The highest BCUT2D eigenvalue weighted by Gasteiger charge is 2.45. The van der Waals surface area contributed by atoms with Crippen LogP contribution in [0.3, 0.4) is 0 Å². The van der Waals surface area contributed by atoms with Crippen molar-refractivity contribution in [2.75, 3.05) is 0 Å². The molecule has 1 aromatic heterocycles. The van der Waals surface area contributed by atoms with Gasteiger partial charge in [-0.15, -0.1) is 0 Å². The van der Waals surface area contributed by atoms with Gasteiger partial charge in [-0.1, -0.05) is 77.3 Å². The number of benzene rings is 3. The van der Waals surface area contributed by atoms with Crippen LogP contribution in [0.4, 0.5) is 26.3 Å². The van der Waals surface area contributed by atoms with Crippen molar-refractivity contribution in [1.82, 2.24) is 8.75 Å². The molecular weight excluding hydrogens is 711 g/mol. The maximum absolute atomic E-state index is 15.6. The number of hydrogen-bond donors (Lipinski definition) is 0. The molecule has 0 saturated heterocycles. The van der Waals surface area contributed by atoms with Crippen LogP contribution in [-0.2, 0) is 0 Å². The van der Waals surface area contributed by atoms with E-state index in [0.717, 1.165) is 101 Å². The lowest BCUT2D eigenvalue weighted by Gasteiger charge is -2.33. The lowest BCUT2D eigenvalue weighted by Crippen LogP contribution is -2.37. The van der Waals surface area contributed by atoms with Crippen LogP contribution in [0.2, 0.25) is 0 Å². The predicted octanol–water partition coefficient (Wildman–Crippen LogP) is 14.0. The van der Waals surface area contributed by atoms with E-state index in [1.807, 2.05) is 0 Å². The van der Waals surface area contributed by atoms with Crippen molar-refractivity contribution in [3.05, 3.63) is 60.2 Å². The van der Waals surface area contributed by atoms with Gasteiger partial charge in [0.2, 0.25) is 0 Å². The zero-order valence-corrected chi connectivity index (χ0v) is 31.4. The molecule has 0 atom stereocenters. The summed E-state index contributed by atoms with van der Waals surface area (Å²) in [6.45, 7) is 4.29. The monoisotopic (exact) mass is 760 g/mol. The number of fused-ring (bicyclic) bond motifs is 1. The summed E-state index contributed by atoms with van der Waals surface area (Å²) in [7, 11) is 0. The van der Waals surface area contributed by atoms with E-state index in [2.05, 4.69) is 22.6 Å². The van der Waals surface area contributed by atoms with Gasteiger partial charge in [0.25, 0.3) is 0 Å². The van der Waals surface area contributed by atoms with E-state index in [0.29, 0.717) is 48.6 Å². The Hall–Kier alpha value is -3.34. The normalized spacial score (nSPS) is 21.2. The molecule has 0 radical (unpaired) electrons. The van der Waals surface area contributed by atoms with E-state index in [1.54, 1.807) is 12.1 Å². The van der Waals surface area contributed by atoms with E-state index in [1.165, 1.54) is 24.3 Å². The van der Waals surface area contributed by atoms with E-state index in [4.69, 9.17) is 9.47 Å². The second kappa shape index (κ2) is 17.4. The summed E-state index contributed by atoms with van der Waals surface area (Å²) in [6, 6.07) is 10.4. The summed E-state index contributed by atoms with van der Waals surface area (Å²) in [5, 5.41) is 0. The fourth-order valence-corrected chi connectivity index (χ4v) is 8.85. The molecule has 0 N–H and O–H groups in total. The third-order valence-electron chi connectivity index (χ3n) is 11.5. The minimum atomic E-state index is -3.43. The van der Waals surface area contributed by atoms with Gasteiger partial charge in [-0.3, -0.25) is 0 Å². The highest BCUT2D eigenvalue weighted by atomic mass is 32.1. The molecule has 1 heterocycles. The van der Waals surface area contributed by atoms with E-state index < -0.39 is 35.7 Å². The molecule has 11 heteroatoms. The zero-order valence-electron chi connectivity index (χ0n) is 30.6. The van der Waals surface area contributed by atoms with Gasteiger partial charge < -0.3 is 9.47 Å². The fourth-order valence-electron chi connectivity index (χ4n) is 8.28. The van der Waals surface area contributed by atoms with Crippen molar-refractivity contribution < 1.29 is 35.8 Å². The summed E-state index contributed by atoms with van der Waals surface area (Å²) >= 11 is 0.854. The van der Waals surface area contributed by atoms with Gasteiger partial charge in [-0.2, -0.15) is 26.3 Å². The molecule has 0 spiro atoms. The third kappa shape index (κ3) is 9.49. The smallest absolute Gasteiger partial charge is 0.400 e. The van der Waals surface area contributed by atoms with Crippen molar-refractivity contribution in [2.24, 2.45) is 23.7 Å². The van der Waals surface area contributed by atoms with Crippen molar-refractivity contribution in [2.45, 2.75) is 129 Å². The van der Waals surface area contributed by atoms with E-state index >= 15 is 26.3 Å². The van der Waals surface area contributed by atoms with Gasteiger partial charge in [0.15, 0.2) is 0 Å². The molecule has 0 unspecified atom stereocenters. The van der Waals surface area contributed by atoms with Gasteiger partial charge >= 0.3 is 12.2 Å². The molecule has 0 bridgehead atoms. The minimum Gasteiger partial charge on any atom is -0.432 e. The Bertz CT molecular complexity index is 1670. The maximum Gasteiger partial charge on any atom is 0.400 e. The first kappa shape index (κ1) is 39.4. The average Bonchev–Trinajstić information content (AvgIpc) is 3.63. The van der Waals surface area contributed by atoms with Crippen molar-refractivity contribution >= 4 is 22.8 Å². The SMILES string of the molecule is CCCCCC1CCC(C(F)(F)Oc2ccc(-c3ccc(-c4ccc(OC(F)(F)C5CCC(CCCCC)CC5)cc4F)c4nsnc34)c(F)c2)CC1. The van der Waals surface area contributed by atoms with Gasteiger partial charge in [0.1, 0.15) is 34.2 Å². The van der Waals surface area contributed by atoms with Crippen LogP contribution in [0.15, 0.2) is 48.5 Å². The Morgan fingerprint density at radius 3 is 1.30 bits per heavy atom. The number of aromatic nitrogens is 2. The molecule has 6 rings (SSSR count).